The number of carbonyl (C=O) groups excluding carboxylic acids is 2. The summed E-state index contributed by atoms with van der Waals surface area (Å²) in [7, 11) is 0. The van der Waals surface area contributed by atoms with E-state index in [0.29, 0.717) is 31.5 Å². The van der Waals surface area contributed by atoms with E-state index in [4.69, 9.17) is 0 Å². The predicted molar refractivity (Wildman–Crippen MR) is 116 cm³/mol. The maximum Gasteiger partial charge on any atom is 0.330 e. The quantitative estimate of drug-likeness (QED) is 0.639. The summed E-state index contributed by atoms with van der Waals surface area (Å²) in [6.07, 6.45) is 4.07. The van der Waals surface area contributed by atoms with Gasteiger partial charge in [0.1, 0.15) is 5.54 Å². The molecule has 4 heterocycles. The lowest BCUT2D eigenvalue weighted by molar-refractivity contribution is -0.123. The van der Waals surface area contributed by atoms with Crippen molar-refractivity contribution in [2.45, 2.75) is 31.8 Å². The van der Waals surface area contributed by atoms with Gasteiger partial charge in [0.15, 0.2) is 17.5 Å². The van der Waals surface area contributed by atoms with Crippen LogP contribution in [-0.2, 0) is 11.3 Å². The lowest BCUT2D eigenvalue weighted by Gasteiger charge is -2.37. The number of hydrogen-bond donors (Lipinski definition) is 1. The summed E-state index contributed by atoms with van der Waals surface area (Å²) in [5, 5.41) is 7.23. The number of urea groups is 1. The van der Waals surface area contributed by atoms with Gasteiger partial charge in [-0.15, -0.1) is 5.10 Å². The second-order valence-electron chi connectivity index (χ2n) is 8.30. The standard InChI is InChI=1S/C23H23FN6O2/c1-16-14-29(20-18(24)8-5-11-25-20)27-19(16)30-21(31)23(26-22(30)32)9-12-28(13-10-23)15-17-6-3-2-4-7-17/h2-8,11,14H,9-10,12-13,15H2,1H3,(H,26,32). The summed E-state index contributed by atoms with van der Waals surface area (Å²) in [5.41, 5.74) is 0.864. The van der Waals surface area contributed by atoms with E-state index < -0.39 is 17.4 Å². The highest BCUT2D eigenvalue weighted by Gasteiger charge is 2.53. The van der Waals surface area contributed by atoms with Gasteiger partial charge in [-0.3, -0.25) is 9.69 Å². The number of benzene rings is 1. The zero-order valence-corrected chi connectivity index (χ0v) is 17.7. The minimum absolute atomic E-state index is 0.0119. The van der Waals surface area contributed by atoms with E-state index in [1.165, 1.54) is 28.6 Å². The molecule has 8 nitrogen and oxygen atoms in total. The number of aromatic nitrogens is 3. The van der Waals surface area contributed by atoms with Crippen molar-refractivity contribution in [2.75, 3.05) is 18.0 Å². The Bertz CT molecular complexity index is 1170. The normalized spacial score (nSPS) is 18.4. The summed E-state index contributed by atoms with van der Waals surface area (Å²) in [6.45, 7) is 3.93. The van der Waals surface area contributed by atoms with Gasteiger partial charge in [0.25, 0.3) is 5.91 Å². The molecule has 0 unspecified atom stereocenters. The van der Waals surface area contributed by atoms with Crippen LogP contribution >= 0.6 is 0 Å². The molecule has 2 aliphatic heterocycles. The van der Waals surface area contributed by atoms with Crippen molar-refractivity contribution in [2.24, 2.45) is 0 Å². The fourth-order valence-corrected chi connectivity index (χ4v) is 4.41. The number of nitrogens with one attached hydrogen (secondary N) is 1. The minimum Gasteiger partial charge on any atom is -0.323 e. The maximum absolute atomic E-state index is 14.1. The molecule has 1 spiro atoms. The third-order valence-electron chi connectivity index (χ3n) is 6.16. The highest BCUT2D eigenvalue weighted by molar-refractivity contribution is 6.23. The first-order valence-electron chi connectivity index (χ1n) is 10.6. The third-order valence-corrected chi connectivity index (χ3v) is 6.16. The smallest absolute Gasteiger partial charge is 0.323 e. The average molecular weight is 434 g/mol. The van der Waals surface area contributed by atoms with Crippen LogP contribution in [0.2, 0.25) is 0 Å². The maximum atomic E-state index is 14.1. The summed E-state index contributed by atoms with van der Waals surface area (Å²) >= 11 is 0. The molecule has 1 aromatic carbocycles. The zero-order chi connectivity index (χ0) is 22.3. The SMILES string of the molecule is Cc1cn(-c2ncccc2F)nc1N1C(=O)NC2(CCN(Cc3ccccc3)CC2)C1=O. The molecule has 2 aliphatic rings. The molecule has 1 N–H and O–H groups in total. The number of rotatable bonds is 4. The Morgan fingerprint density at radius 2 is 1.81 bits per heavy atom. The third kappa shape index (κ3) is 3.44. The predicted octanol–water partition coefficient (Wildman–Crippen LogP) is 2.81. The van der Waals surface area contributed by atoms with Gasteiger partial charge in [0.05, 0.1) is 0 Å². The molecule has 2 saturated heterocycles. The molecule has 32 heavy (non-hydrogen) atoms. The van der Waals surface area contributed by atoms with E-state index in [1.807, 2.05) is 18.2 Å². The first-order valence-corrected chi connectivity index (χ1v) is 10.6. The highest BCUT2D eigenvalue weighted by atomic mass is 19.1. The number of imide groups is 1. The Morgan fingerprint density at radius 1 is 1.06 bits per heavy atom. The molecular weight excluding hydrogens is 411 g/mol. The molecule has 0 atom stereocenters. The molecule has 5 rings (SSSR count). The molecule has 3 amide bonds. The van der Waals surface area contributed by atoms with Crippen molar-refractivity contribution in [3.63, 3.8) is 0 Å². The van der Waals surface area contributed by atoms with Gasteiger partial charge >= 0.3 is 6.03 Å². The number of piperidine rings is 1. The van der Waals surface area contributed by atoms with Gasteiger partial charge in [-0.1, -0.05) is 30.3 Å². The number of halogens is 1. The topological polar surface area (TPSA) is 83.4 Å². The highest BCUT2D eigenvalue weighted by Crippen LogP contribution is 2.33. The number of carbonyl (C=O) groups is 2. The number of hydrogen-bond acceptors (Lipinski definition) is 5. The van der Waals surface area contributed by atoms with Crippen LogP contribution in [0.3, 0.4) is 0 Å². The molecule has 0 radical (unpaired) electrons. The molecule has 2 fully saturated rings. The van der Waals surface area contributed by atoms with E-state index >= 15 is 0 Å². The molecule has 0 bridgehead atoms. The van der Waals surface area contributed by atoms with Crippen LogP contribution < -0.4 is 10.2 Å². The number of pyridine rings is 1. The first kappa shape index (κ1) is 20.3. The van der Waals surface area contributed by atoms with Crippen LogP contribution in [0, 0.1) is 12.7 Å². The molecule has 3 aromatic rings. The Labute approximate surface area is 184 Å². The lowest BCUT2D eigenvalue weighted by atomic mass is 9.87. The van der Waals surface area contributed by atoms with Crippen LogP contribution in [0.15, 0.2) is 54.9 Å². The van der Waals surface area contributed by atoms with Gasteiger partial charge in [0, 0.05) is 37.6 Å². The van der Waals surface area contributed by atoms with Crippen LogP contribution in [0.1, 0.15) is 24.0 Å². The molecule has 0 saturated carbocycles. The molecule has 0 aliphatic carbocycles. The number of aryl methyl sites for hydroxylation is 1. The van der Waals surface area contributed by atoms with E-state index in [-0.39, 0.29) is 17.5 Å². The average Bonchev–Trinajstić information content (AvgIpc) is 3.27. The van der Waals surface area contributed by atoms with Crippen molar-refractivity contribution < 1.29 is 14.0 Å². The summed E-state index contributed by atoms with van der Waals surface area (Å²) in [6, 6.07) is 12.4. The summed E-state index contributed by atoms with van der Waals surface area (Å²) in [4.78, 5) is 33.6. The molecule has 164 valence electrons. The minimum atomic E-state index is -0.934. The Morgan fingerprint density at radius 3 is 2.53 bits per heavy atom. The lowest BCUT2D eigenvalue weighted by Crippen LogP contribution is -2.54. The molecule has 2 aromatic heterocycles. The Balaban J connectivity index is 1.34. The van der Waals surface area contributed by atoms with E-state index in [9.17, 15) is 14.0 Å². The van der Waals surface area contributed by atoms with Crippen molar-refractivity contribution in [1.29, 1.82) is 0 Å². The second-order valence-corrected chi connectivity index (χ2v) is 8.30. The monoisotopic (exact) mass is 434 g/mol. The Kier molecular flexibility index (Phi) is 4.97. The van der Waals surface area contributed by atoms with E-state index in [0.717, 1.165) is 11.4 Å². The second kappa shape index (κ2) is 7.83. The zero-order valence-electron chi connectivity index (χ0n) is 17.7. The van der Waals surface area contributed by atoms with Crippen molar-refractivity contribution in [3.8, 4) is 5.82 Å². The first-order chi connectivity index (χ1) is 15.5. The van der Waals surface area contributed by atoms with E-state index in [2.05, 4.69) is 32.4 Å². The Hall–Kier alpha value is -3.59. The summed E-state index contributed by atoms with van der Waals surface area (Å²) in [5.74, 6) is -0.642. The van der Waals surface area contributed by atoms with Crippen LogP contribution in [0.5, 0.6) is 0 Å². The van der Waals surface area contributed by atoms with Crippen LogP contribution in [0.4, 0.5) is 15.0 Å². The van der Waals surface area contributed by atoms with Gasteiger partial charge in [-0.25, -0.2) is 23.8 Å². The van der Waals surface area contributed by atoms with Crippen molar-refractivity contribution >= 4 is 17.8 Å². The van der Waals surface area contributed by atoms with Gasteiger partial charge in [0.2, 0.25) is 0 Å². The van der Waals surface area contributed by atoms with Crippen LogP contribution in [-0.4, -0.2) is 50.2 Å². The number of amides is 3. The number of nitrogens with zero attached hydrogens (tertiary/aromatic N) is 5. The fraction of sp³-hybridized carbons (Fsp3) is 0.304. The summed E-state index contributed by atoms with van der Waals surface area (Å²) < 4.78 is 15.4. The number of likely N-dealkylation sites (tertiary alicyclic amines) is 1. The largest absolute Gasteiger partial charge is 0.330 e. The number of anilines is 1. The van der Waals surface area contributed by atoms with Gasteiger partial charge < -0.3 is 5.32 Å². The van der Waals surface area contributed by atoms with Crippen molar-refractivity contribution in [3.05, 3.63) is 71.8 Å². The van der Waals surface area contributed by atoms with Gasteiger partial charge in [-0.05, 0) is 37.5 Å². The molecule has 9 heteroatoms. The fourth-order valence-electron chi connectivity index (χ4n) is 4.41. The van der Waals surface area contributed by atoms with E-state index in [1.54, 1.807) is 13.1 Å². The molecular formula is C23H23FN6O2. The van der Waals surface area contributed by atoms with Gasteiger partial charge in [-0.2, -0.15) is 0 Å². The van der Waals surface area contributed by atoms with Crippen molar-refractivity contribution in [1.82, 2.24) is 25.0 Å². The van der Waals surface area contributed by atoms with Crippen LogP contribution in [0.25, 0.3) is 5.82 Å².